The Morgan fingerprint density at radius 2 is 2.03 bits per heavy atom. The Morgan fingerprint density at radius 1 is 1.33 bits per heavy atom. The molecular weight excluding hydrogens is 410 g/mol. The fraction of sp³-hybridized carbons (Fsp3) is 0.609. The fourth-order valence-electron chi connectivity index (χ4n) is 4.29. The van der Waals surface area contributed by atoms with Gasteiger partial charge in [-0.15, -0.1) is 0 Å². The highest BCUT2D eigenvalue weighted by atomic mass is 32.1. The molecule has 3 rings (SSSR count). The summed E-state index contributed by atoms with van der Waals surface area (Å²) in [6.07, 6.45) is 13.5. The van der Waals surface area contributed by atoms with Gasteiger partial charge in [0.2, 0.25) is 5.95 Å². The molecule has 166 valence electrons. The average Bonchev–Trinajstić information content (AvgIpc) is 3.22. The number of aromatic nitrogens is 2. The molecule has 2 atom stereocenters. The molecule has 1 aromatic rings. The first-order valence-electron chi connectivity index (χ1n) is 10.8. The molecule has 2 aliphatic rings. The van der Waals surface area contributed by atoms with Gasteiger partial charge in [0.15, 0.2) is 0 Å². The van der Waals surface area contributed by atoms with Crippen molar-refractivity contribution in [3.8, 4) is 5.69 Å². The zero-order valence-corrected chi connectivity index (χ0v) is 20.6. The minimum atomic E-state index is 0.392. The summed E-state index contributed by atoms with van der Waals surface area (Å²) < 4.78 is 2.20. The largest absolute Gasteiger partial charge is 0.356 e. The van der Waals surface area contributed by atoms with E-state index in [0.717, 1.165) is 48.8 Å². The number of piperidine rings is 1. The third kappa shape index (κ3) is 6.48. The predicted molar refractivity (Wildman–Crippen MR) is 137 cm³/mol. The van der Waals surface area contributed by atoms with Gasteiger partial charge in [-0.3, -0.25) is 0 Å². The highest BCUT2D eigenvalue weighted by Crippen LogP contribution is 2.33. The van der Waals surface area contributed by atoms with Crippen molar-refractivity contribution < 1.29 is 0 Å². The maximum absolute atomic E-state index is 5.67. The first-order valence-corrected chi connectivity index (χ1v) is 12.5. The molecule has 1 saturated heterocycles. The van der Waals surface area contributed by atoms with Crippen LogP contribution in [0.15, 0.2) is 24.4 Å². The van der Waals surface area contributed by atoms with Crippen molar-refractivity contribution in [1.29, 1.82) is 0 Å². The van der Waals surface area contributed by atoms with Gasteiger partial charge in [0.05, 0.1) is 0 Å². The van der Waals surface area contributed by atoms with E-state index in [0.29, 0.717) is 18.0 Å². The molecule has 0 spiro atoms. The molecule has 7 heteroatoms. The van der Waals surface area contributed by atoms with Crippen molar-refractivity contribution in [3.05, 3.63) is 30.0 Å². The molecular formula is C23H37N5S2. The Balaban J connectivity index is 0.00000155. The summed E-state index contributed by atoms with van der Waals surface area (Å²) in [5.74, 6) is 2.42. The van der Waals surface area contributed by atoms with E-state index in [2.05, 4.69) is 65.7 Å². The van der Waals surface area contributed by atoms with Crippen LogP contribution in [0.5, 0.6) is 0 Å². The van der Waals surface area contributed by atoms with Crippen molar-refractivity contribution in [2.45, 2.75) is 58.0 Å². The first-order chi connectivity index (χ1) is 14.5. The van der Waals surface area contributed by atoms with Crippen molar-refractivity contribution in [1.82, 2.24) is 14.3 Å². The fourth-order valence-corrected chi connectivity index (χ4v) is 4.71. The minimum absolute atomic E-state index is 0.392. The lowest BCUT2D eigenvalue weighted by molar-refractivity contribution is 0.360. The average molecular weight is 448 g/mol. The quantitative estimate of drug-likeness (QED) is 0.350. The molecule has 30 heavy (non-hydrogen) atoms. The van der Waals surface area contributed by atoms with Gasteiger partial charge in [-0.1, -0.05) is 48.6 Å². The van der Waals surface area contributed by atoms with E-state index < -0.39 is 0 Å². The second-order valence-corrected chi connectivity index (χ2v) is 8.83. The van der Waals surface area contributed by atoms with E-state index in [1.807, 2.05) is 12.3 Å². The van der Waals surface area contributed by atoms with Crippen LogP contribution in [0.3, 0.4) is 0 Å². The number of nitrogens with one attached hydrogen (secondary N) is 1. The van der Waals surface area contributed by atoms with Gasteiger partial charge in [0.25, 0.3) is 0 Å². The minimum Gasteiger partial charge on any atom is -0.356 e. The maximum Gasteiger partial charge on any atom is 0.224 e. The lowest BCUT2D eigenvalue weighted by Gasteiger charge is -2.31. The zero-order valence-electron chi connectivity index (χ0n) is 18.8. The number of hydrogen-bond donors (Lipinski definition) is 2. The van der Waals surface area contributed by atoms with E-state index >= 15 is 0 Å². The molecule has 1 N–H and O–H groups in total. The molecule has 1 aliphatic carbocycles. The summed E-state index contributed by atoms with van der Waals surface area (Å²) in [7, 11) is 2.18. The van der Waals surface area contributed by atoms with Crippen LogP contribution in [0, 0.1) is 11.6 Å². The molecule has 2 fully saturated rings. The van der Waals surface area contributed by atoms with E-state index in [9.17, 15) is 0 Å². The van der Waals surface area contributed by atoms with Crippen LogP contribution < -0.4 is 10.2 Å². The van der Waals surface area contributed by atoms with E-state index in [1.54, 1.807) is 6.26 Å². The summed E-state index contributed by atoms with van der Waals surface area (Å²) in [6.45, 7) is 10.3. The zero-order chi connectivity index (χ0) is 22.1. The lowest BCUT2D eigenvalue weighted by atomic mass is 10.0. The lowest BCUT2D eigenvalue weighted by Crippen LogP contribution is -2.36. The molecule has 1 aromatic heterocycles. The Bertz CT molecular complexity index is 765. The van der Waals surface area contributed by atoms with Crippen LogP contribution in [-0.2, 0) is 0 Å². The van der Waals surface area contributed by atoms with Crippen LogP contribution in [-0.4, -0.2) is 52.7 Å². The Labute approximate surface area is 192 Å². The van der Waals surface area contributed by atoms with Crippen molar-refractivity contribution in [3.63, 3.8) is 0 Å². The molecule has 5 nitrogen and oxygen atoms in total. The van der Waals surface area contributed by atoms with E-state index in [1.165, 1.54) is 30.6 Å². The summed E-state index contributed by atoms with van der Waals surface area (Å²) in [5, 5.41) is 3.55. The molecule has 1 aliphatic heterocycles. The van der Waals surface area contributed by atoms with E-state index in [4.69, 9.17) is 10.7 Å². The third-order valence-corrected chi connectivity index (χ3v) is 6.75. The molecule has 0 aromatic carbocycles. The standard InChI is InChI=1S/C22H33N5S.CH4S/c1-6-16(2)14-18-15-23-22(24-19-10-12-27(28-5)13-11-19)25-21(18)26(4)20-9-7-8-17(20)3;1-2/h5-6,14-15,17,19-20H,1,7-13H2,2-4H3,(H,23,24,25);2H,1H3/b16-14-;. The van der Waals surface area contributed by atoms with E-state index in [-0.39, 0.29) is 0 Å². The summed E-state index contributed by atoms with van der Waals surface area (Å²) in [6, 6.07) is 0.923. The maximum atomic E-state index is 5.67. The highest BCUT2D eigenvalue weighted by Gasteiger charge is 2.29. The van der Waals surface area contributed by atoms with Gasteiger partial charge in [-0.25, -0.2) is 9.29 Å². The number of rotatable bonds is 6. The Hall–Kier alpha value is -1.53. The van der Waals surface area contributed by atoms with Crippen LogP contribution in [0.4, 0.5) is 11.8 Å². The van der Waals surface area contributed by atoms with Crippen molar-refractivity contribution >= 4 is 41.8 Å². The molecule has 2 heterocycles. The van der Waals surface area contributed by atoms with Crippen LogP contribution >= 0.6 is 24.0 Å². The number of allylic oxidation sites excluding steroid dienone is 2. The van der Waals surface area contributed by atoms with Crippen LogP contribution in [0.2, 0.25) is 0 Å². The van der Waals surface area contributed by atoms with Gasteiger partial charge in [0.1, 0.15) is 5.82 Å². The molecule has 0 bridgehead atoms. The summed E-state index contributed by atoms with van der Waals surface area (Å²) in [4.78, 5) is 11.9. The molecule has 1 saturated carbocycles. The van der Waals surface area contributed by atoms with Gasteiger partial charge in [0, 0.05) is 44.0 Å². The predicted octanol–water partition coefficient (Wildman–Crippen LogP) is 5.35. The second-order valence-electron chi connectivity index (χ2n) is 8.10. The topological polar surface area (TPSA) is 44.3 Å². The van der Waals surface area contributed by atoms with Crippen molar-refractivity contribution in [2.75, 3.05) is 36.6 Å². The van der Waals surface area contributed by atoms with Crippen LogP contribution in [0.25, 0.3) is 6.08 Å². The normalized spacial score (nSPS) is 22.7. The number of thiol groups is 1. The van der Waals surface area contributed by atoms with Gasteiger partial charge in [-0.2, -0.15) is 17.6 Å². The van der Waals surface area contributed by atoms with Gasteiger partial charge >= 0.3 is 0 Å². The number of hydrogen-bond acceptors (Lipinski definition) is 6. The smallest absolute Gasteiger partial charge is 0.224 e. The summed E-state index contributed by atoms with van der Waals surface area (Å²) in [5.41, 5.74) is 7.84. The molecule has 0 radical (unpaired) electrons. The Morgan fingerprint density at radius 3 is 2.60 bits per heavy atom. The Kier molecular flexibility index (Phi) is 10.2. The molecule has 2 unspecified atom stereocenters. The van der Waals surface area contributed by atoms with Gasteiger partial charge < -0.3 is 10.2 Å². The second kappa shape index (κ2) is 12.4. The van der Waals surface area contributed by atoms with Crippen LogP contribution in [0.1, 0.15) is 51.5 Å². The highest BCUT2D eigenvalue weighted by molar-refractivity contribution is 7.85. The third-order valence-electron chi connectivity index (χ3n) is 6.09. The van der Waals surface area contributed by atoms with Gasteiger partial charge in [-0.05, 0) is 50.9 Å². The first kappa shape index (κ1) is 24.7. The van der Waals surface area contributed by atoms with Crippen molar-refractivity contribution in [2.24, 2.45) is 5.92 Å². The summed E-state index contributed by atoms with van der Waals surface area (Å²) >= 11 is 4.87. The molecule has 0 amide bonds. The SMILES string of the molecule is C#SN1CCC(Nc2ncc(/C=C(/C)C=C)c(N(C)C3CCCC3C)n2)CC1.CS. The number of anilines is 2. The monoisotopic (exact) mass is 447 g/mol. The number of nitrogens with zero attached hydrogens (tertiary/aromatic N) is 4.